The average molecular weight is 448 g/mol. The van der Waals surface area contributed by atoms with Crippen LogP contribution < -0.4 is 0 Å². The van der Waals surface area contributed by atoms with Crippen molar-refractivity contribution in [2.75, 3.05) is 13.1 Å². The second-order valence-electron chi connectivity index (χ2n) is 8.45. The molecule has 3 aromatic heterocycles. The Balaban J connectivity index is 1.38. The molecule has 0 spiro atoms. The molecule has 0 saturated carbocycles. The first-order chi connectivity index (χ1) is 15.9. The zero-order chi connectivity index (χ0) is 22.6. The van der Waals surface area contributed by atoms with Gasteiger partial charge in [-0.15, -0.1) is 0 Å². The van der Waals surface area contributed by atoms with Crippen LogP contribution in [0.5, 0.6) is 0 Å². The lowest BCUT2D eigenvalue weighted by atomic mass is 10.0. The second kappa shape index (κ2) is 7.41. The van der Waals surface area contributed by atoms with E-state index in [4.69, 9.17) is 0 Å². The summed E-state index contributed by atoms with van der Waals surface area (Å²) in [6.45, 7) is 0.400. The maximum absolute atomic E-state index is 15.0. The van der Waals surface area contributed by atoms with Crippen molar-refractivity contribution in [3.8, 4) is 22.6 Å². The standard InChI is InChI=1S/C24H19F3N6/c25-18-9-21-17(22(32-31-21)23-29-19-3-1-2-4-20(19)30-23)8-16(18)15-7-14(10-28-11-15)12-33-6-5-24(26,27)13-33/h1-4,7-11H,5-6,12-13H2,(H,29,30)(H,31,32). The van der Waals surface area contributed by atoms with Crippen LogP contribution in [0.1, 0.15) is 12.0 Å². The number of benzene rings is 2. The summed E-state index contributed by atoms with van der Waals surface area (Å²) in [5, 5.41) is 7.95. The lowest BCUT2D eigenvalue weighted by Crippen LogP contribution is -2.24. The molecule has 1 aliphatic rings. The van der Waals surface area contributed by atoms with Crippen molar-refractivity contribution < 1.29 is 13.2 Å². The third-order valence-electron chi connectivity index (χ3n) is 6.02. The molecule has 2 N–H and O–H groups in total. The van der Waals surface area contributed by atoms with Crippen LogP contribution in [0.25, 0.3) is 44.6 Å². The fourth-order valence-electron chi connectivity index (χ4n) is 4.43. The van der Waals surface area contributed by atoms with E-state index in [1.807, 2.05) is 24.3 Å². The molecule has 1 aliphatic heterocycles. The highest BCUT2D eigenvalue weighted by Crippen LogP contribution is 2.33. The average Bonchev–Trinajstić information content (AvgIpc) is 3.49. The van der Waals surface area contributed by atoms with Gasteiger partial charge in [0.25, 0.3) is 5.92 Å². The van der Waals surface area contributed by atoms with Crippen molar-refractivity contribution in [3.63, 3.8) is 0 Å². The number of rotatable bonds is 4. The van der Waals surface area contributed by atoms with Gasteiger partial charge in [0.2, 0.25) is 0 Å². The van der Waals surface area contributed by atoms with Crippen molar-refractivity contribution in [3.05, 3.63) is 66.2 Å². The largest absolute Gasteiger partial charge is 0.337 e. The molecule has 6 nitrogen and oxygen atoms in total. The number of H-pyrrole nitrogens is 2. The van der Waals surface area contributed by atoms with Crippen molar-refractivity contribution in [2.24, 2.45) is 0 Å². The molecule has 1 fully saturated rings. The smallest absolute Gasteiger partial charge is 0.261 e. The molecule has 2 aromatic carbocycles. The van der Waals surface area contributed by atoms with Crippen molar-refractivity contribution in [1.82, 2.24) is 30.0 Å². The molecule has 166 valence electrons. The van der Waals surface area contributed by atoms with Crippen LogP contribution in [-0.2, 0) is 6.54 Å². The van der Waals surface area contributed by atoms with Gasteiger partial charge in [-0.3, -0.25) is 15.0 Å². The molecule has 9 heteroatoms. The Kier molecular flexibility index (Phi) is 4.48. The predicted molar refractivity (Wildman–Crippen MR) is 119 cm³/mol. The number of likely N-dealkylation sites (tertiary alicyclic amines) is 1. The molecule has 0 unspecified atom stereocenters. The number of imidazole rings is 1. The van der Waals surface area contributed by atoms with E-state index in [0.29, 0.717) is 41.3 Å². The Morgan fingerprint density at radius 1 is 1.06 bits per heavy atom. The predicted octanol–water partition coefficient (Wildman–Crippen LogP) is 5.15. The van der Waals surface area contributed by atoms with E-state index in [-0.39, 0.29) is 13.0 Å². The van der Waals surface area contributed by atoms with E-state index >= 15 is 4.39 Å². The number of aromatic amines is 2. The monoisotopic (exact) mass is 448 g/mol. The maximum atomic E-state index is 15.0. The third-order valence-corrected chi connectivity index (χ3v) is 6.02. The van der Waals surface area contributed by atoms with Crippen LogP contribution in [-0.4, -0.2) is 49.1 Å². The quantitative estimate of drug-likeness (QED) is 0.399. The Bertz CT molecular complexity index is 1460. The van der Waals surface area contributed by atoms with Crippen LogP contribution in [0, 0.1) is 5.82 Å². The maximum Gasteiger partial charge on any atom is 0.261 e. The minimum Gasteiger partial charge on any atom is -0.337 e. The summed E-state index contributed by atoms with van der Waals surface area (Å²) < 4.78 is 42.1. The van der Waals surface area contributed by atoms with Crippen LogP contribution in [0.3, 0.4) is 0 Å². The lowest BCUT2D eigenvalue weighted by molar-refractivity contribution is 0.0115. The molecule has 0 bridgehead atoms. The number of nitrogens with one attached hydrogen (secondary N) is 2. The van der Waals surface area contributed by atoms with Gasteiger partial charge in [-0.1, -0.05) is 12.1 Å². The molecule has 0 radical (unpaired) electrons. The molecule has 5 aromatic rings. The first-order valence-electron chi connectivity index (χ1n) is 10.6. The highest BCUT2D eigenvalue weighted by molar-refractivity contribution is 5.95. The normalized spacial score (nSPS) is 16.2. The fourth-order valence-corrected chi connectivity index (χ4v) is 4.43. The molecule has 1 saturated heterocycles. The lowest BCUT2D eigenvalue weighted by Gasteiger charge is -2.16. The molecule has 0 amide bonds. The summed E-state index contributed by atoms with van der Waals surface area (Å²) in [7, 11) is 0. The third kappa shape index (κ3) is 3.64. The van der Waals surface area contributed by atoms with Gasteiger partial charge in [0.1, 0.15) is 11.5 Å². The van der Waals surface area contributed by atoms with Crippen molar-refractivity contribution in [2.45, 2.75) is 18.9 Å². The zero-order valence-electron chi connectivity index (χ0n) is 17.4. The Labute approximate surface area is 186 Å². The molecule has 0 atom stereocenters. The van der Waals surface area contributed by atoms with Crippen LogP contribution >= 0.6 is 0 Å². The van der Waals surface area contributed by atoms with Gasteiger partial charge in [0.05, 0.1) is 23.1 Å². The molecule has 33 heavy (non-hydrogen) atoms. The van der Waals surface area contributed by atoms with Crippen molar-refractivity contribution >= 4 is 21.9 Å². The van der Waals surface area contributed by atoms with Gasteiger partial charge in [-0.05, 0) is 29.8 Å². The highest BCUT2D eigenvalue weighted by atomic mass is 19.3. The van der Waals surface area contributed by atoms with E-state index in [0.717, 1.165) is 22.0 Å². The highest BCUT2D eigenvalue weighted by Gasteiger charge is 2.37. The van der Waals surface area contributed by atoms with Gasteiger partial charge >= 0.3 is 0 Å². The summed E-state index contributed by atoms with van der Waals surface area (Å²) in [4.78, 5) is 13.8. The Morgan fingerprint density at radius 3 is 2.76 bits per heavy atom. The number of para-hydroxylation sites is 2. The summed E-state index contributed by atoms with van der Waals surface area (Å²) in [5.74, 6) is -2.49. The van der Waals surface area contributed by atoms with E-state index in [1.54, 1.807) is 29.4 Å². The van der Waals surface area contributed by atoms with Gasteiger partial charge in [-0.2, -0.15) is 5.10 Å². The minimum atomic E-state index is -2.66. The molecular weight excluding hydrogens is 429 g/mol. The second-order valence-corrected chi connectivity index (χ2v) is 8.45. The summed E-state index contributed by atoms with van der Waals surface area (Å²) >= 11 is 0. The van der Waals surface area contributed by atoms with E-state index < -0.39 is 11.7 Å². The Morgan fingerprint density at radius 2 is 1.94 bits per heavy atom. The first kappa shape index (κ1) is 19.9. The Hall–Kier alpha value is -3.72. The van der Waals surface area contributed by atoms with Crippen LogP contribution in [0.15, 0.2) is 54.9 Å². The number of nitrogens with zero attached hydrogens (tertiary/aromatic N) is 4. The van der Waals surface area contributed by atoms with E-state index in [2.05, 4.69) is 25.1 Å². The molecular formula is C24H19F3N6. The molecule has 6 rings (SSSR count). The minimum absolute atomic E-state index is 0.142. The number of hydrogen-bond donors (Lipinski definition) is 2. The molecule has 0 aliphatic carbocycles. The van der Waals surface area contributed by atoms with Crippen molar-refractivity contribution in [1.29, 1.82) is 0 Å². The number of pyridine rings is 1. The number of aromatic nitrogens is 5. The number of alkyl halides is 2. The number of hydrogen-bond acceptors (Lipinski definition) is 4. The topological polar surface area (TPSA) is 73.5 Å². The number of fused-ring (bicyclic) bond motifs is 2. The fraction of sp³-hybridized carbons (Fsp3) is 0.208. The summed E-state index contributed by atoms with van der Waals surface area (Å²) in [5.41, 5.74) is 4.54. The summed E-state index contributed by atoms with van der Waals surface area (Å²) in [6.07, 6.45) is 3.07. The number of halogens is 3. The first-order valence-corrected chi connectivity index (χ1v) is 10.6. The van der Waals surface area contributed by atoms with Crippen LogP contribution in [0.4, 0.5) is 13.2 Å². The van der Waals surface area contributed by atoms with Gasteiger partial charge in [-0.25, -0.2) is 18.2 Å². The van der Waals surface area contributed by atoms with E-state index in [9.17, 15) is 8.78 Å². The van der Waals surface area contributed by atoms with Gasteiger partial charge in [0.15, 0.2) is 5.82 Å². The molecule has 4 heterocycles. The van der Waals surface area contributed by atoms with Gasteiger partial charge in [0, 0.05) is 54.5 Å². The van der Waals surface area contributed by atoms with Crippen LogP contribution in [0.2, 0.25) is 0 Å². The van der Waals surface area contributed by atoms with E-state index in [1.165, 1.54) is 6.07 Å². The van der Waals surface area contributed by atoms with Gasteiger partial charge < -0.3 is 4.98 Å². The zero-order valence-corrected chi connectivity index (χ0v) is 17.4. The SMILES string of the molecule is Fc1cc2[nH]nc(-c3nc4ccccc4[nH]3)c2cc1-c1cncc(CN2CCC(F)(F)C2)c1. The summed E-state index contributed by atoms with van der Waals surface area (Å²) in [6, 6.07) is 12.6.